The highest BCUT2D eigenvalue weighted by molar-refractivity contribution is 5.73. The summed E-state index contributed by atoms with van der Waals surface area (Å²) in [6.07, 6.45) is 0. The number of ether oxygens (including phenoxy) is 2. The standard InChI is InChI=1S/C13H28N2O4/c1-4-14-12(13(16)17)11-15(7-9-18-5-2)8-10-19-6-3/h12,14H,4-11H2,1-3H3,(H,16,17). The van der Waals surface area contributed by atoms with Gasteiger partial charge in [0.15, 0.2) is 0 Å². The van der Waals surface area contributed by atoms with Crippen LogP contribution in [0.25, 0.3) is 0 Å². The number of carboxylic acids is 1. The summed E-state index contributed by atoms with van der Waals surface area (Å²) in [6.45, 7) is 10.9. The zero-order valence-corrected chi connectivity index (χ0v) is 12.4. The van der Waals surface area contributed by atoms with E-state index in [1.807, 2.05) is 20.8 Å². The Kier molecular flexibility index (Phi) is 11.9. The molecule has 1 atom stereocenters. The van der Waals surface area contributed by atoms with Crippen LogP contribution < -0.4 is 5.32 Å². The van der Waals surface area contributed by atoms with Crippen molar-refractivity contribution in [2.45, 2.75) is 26.8 Å². The van der Waals surface area contributed by atoms with Crippen LogP contribution in [0.5, 0.6) is 0 Å². The summed E-state index contributed by atoms with van der Waals surface area (Å²) in [4.78, 5) is 13.2. The first-order valence-corrected chi connectivity index (χ1v) is 6.99. The van der Waals surface area contributed by atoms with Gasteiger partial charge in [-0.1, -0.05) is 6.92 Å². The molecule has 0 amide bonds. The lowest BCUT2D eigenvalue weighted by atomic mass is 10.2. The molecule has 0 aromatic heterocycles. The van der Waals surface area contributed by atoms with Crippen LogP contribution in [0.15, 0.2) is 0 Å². The first kappa shape index (κ1) is 18.3. The van der Waals surface area contributed by atoms with Gasteiger partial charge in [-0.05, 0) is 20.4 Å². The first-order valence-electron chi connectivity index (χ1n) is 6.99. The highest BCUT2D eigenvalue weighted by atomic mass is 16.5. The summed E-state index contributed by atoms with van der Waals surface area (Å²) in [5.41, 5.74) is 0. The van der Waals surface area contributed by atoms with E-state index in [1.54, 1.807) is 0 Å². The summed E-state index contributed by atoms with van der Waals surface area (Å²) in [5, 5.41) is 12.1. The van der Waals surface area contributed by atoms with E-state index in [0.29, 0.717) is 39.5 Å². The molecule has 0 radical (unpaired) electrons. The van der Waals surface area contributed by atoms with Gasteiger partial charge in [-0.15, -0.1) is 0 Å². The maximum Gasteiger partial charge on any atom is 0.322 e. The molecule has 1 unspecified atom stereocenters. The quantitative estimate of drug-likeness (QED) is 0.475. The molecule has 0 aromatic rings. The molecule has 0 saturated carbocycles. The van der Waals surface area contributed by atoms with Crippen molar-refractivity contribution in [3.8, 4) is 0 Å². The van der Waals surface area contributed by atoms with Crippen molar-refractivity contribution >= 4 is 5.97 Å². The maximum absolute atomic E-state index is 11.1. The number of nitrogens with one attached hydrogen (secondary N) is 1. The van der Waals surface area contributed by atoms with Gasteiger partial charge >= 0.3 is 5.97 Å². The van der Waals surface area contributed by atoms with Crippen molar-refractivity contribution in [1.82, 2.24) is 10.2 Å². The van der Waals surface area contributed by atoms with Gasteiger partial charge in [0.05, 0.1) is 13.2 Å². The van der Waals surface area contributed by atoms with Gasteiger partial charge in [0.1, 0.15) is 6.04 Å². The minimum Gasteiger partial charge on any atom is -0.480 e. The van der Waals surface area contributed by atoms with Gasteiger partial charge in [-0.25, -0.2) is 0 Å². The van der Waals surface area contributed by atoms with Gasteiger partial charge in [-0.2, -0.15) is 0 Å². The number of carbonyl (C=O) groups is 1. The number of aliphatic carboxylic acids is 1. The monoisotopic (exact) mass is 276 g/mol. The van der Waals surface area contributed by atoms with Crippen LogP contribution in [0.1, 0.15) is 20.8 Å². The number of nitrogens with zero attached hydrogens (tertiary/aromatic N) is 1. The smallest absolute Gasteiger partial charge is 0.322 e. The number of carboxylic acid groups (broad SMARTS) is 1. The van der Waals surface area contributed by atoms with Crippen LogP contribution in [0.3, 0.4) is 0 Å². The lowest BCUT2D eigenvalue weighted by Crippen LogP contribution is -2.47. The fraction of sp³-hybridized carbons (Fsp3) is 0.923. The van der Waals surface area contributed by atoms with Crippen molar-refractivity contribution in [2.75, 3.05) is 52.6 Å². The SMILES string of the molecule is CCNC(CN(CCOCC)CCOCC)C(=O)O. The van der Waals surface area contributed by atoms with Crippen molar-refractivity contribution < 1.29 is 19.4 Å². The molecule has 0 aromatic carbocycles. The van der Waals surface area contributed by atoms with Crippen molar-refractivity contribution in [3.05, 3.63) is 0 Å². The second kappa shape index (κ2) is 12.3. The topological polar surface area (TPSA) is 71.0 Å². The van der Waals surface area contributed by atoms with E-state index in [2.05, 4.69) is 10.2 Å². The number of hydrogen-bond donors (Lipinski definition) is 2. The lowest BCUT2D eigenvalue weighted by molar-refractivity contribution is -0.140. The van der Waals surface area contributed by atoms with Crippen LogP contribution >= 0.6 is 0 Å². The Morgan fingerprint density at radius 3 is 2.05 bits per heavy atom. The Balaban J connectivity index is 4.22. The molecule has 114 valence electrons. The fourth-order valence-corrected chi connectivity index (χ4v) is 1.70. The van der Waals surface area contributed by atoms with Crippen molar-refractivity contribution in [2.24, 2.45) is 0 Å². The molecule has 19 heavy (non-hydrogen) atoms. The third-order valence-corrected chi connectivity index (χ3v) is 2.70. The van der Waals surface area contributed by atoms with Gasteiger partial charge in [0.25, 0.3) is 0 Å². The van der Waals surface area contributed by atoms with E-state index in [0.717, 1.165) is 13.1 Å². The predicted molar refractivity (Wildman–Crippen MR) is 74.5 cm³/mol. The molecule has 0 aliphatic rings. The molecule has 6 heteroatoms. The zero-order chi connectivity index (χ0) is 14.5. The average Bonchev–Trinajstić information content (AvgIpc) is 2.38. The molecule has 0 heterocycles. The Bertz CT molecular complexity index is 217. The molecule has 0 aliphatic heterocycles. The molecular weight excluding hydrogens is 248 g/mol. The molecule has 0 fully saturated rings. The minimum atomic E-state index is -0.820. The van der Waals surface area contributed by atoms with Gasteiger partial charge < -0.3 is 19.9 Å². The van der Waals surface area contributed by atoms with E-state index >= 15 is 0 Å². The molecular formula is C13H28N2O4. The second-order valence-corrected chi connectivity index (χ2v) is 4.14. The summed E-state index contributed by atoms with van der Waals surface area (Å²) in [6, 6.07) is -0.548. The largest absolute Gasteiger partial charge is 0.480 e. The summed E-state index contributed by atoms with van der Waals surface area (Å²) in [7, 11) is 0. The number of likely N-dealkylation sites (N-methyl/N-ethyl adjacent to an activating group) is 1. The molecule has 0 saturated heterocycles. The summed E-state index contributed by atoms with van der Waals surface area (Å²) < 4.78 is 10.6. The van der Waals surface area contributed by atoms with Crippen molar-refractivity contribution in [1.29, 1.82) is 0 Å². The van der Waals surface area contributed by atoms with Crippen LogP contribution in [-0.2, 0) is 14.3 Å². The van der Waals surface area contributed by atoms with Gasteiger partial charge in [0.2, 0.25) is 0 Å². The van der Waals surface area contributed by atoms with Gasteiger partial charge in [0, 0.05) is 32.8 Å². The van der Waals surface area contributed by atoms with E-state index in [-0.39, 0.29) is 0 Å². The fourth-order valence-electron chi connectivity index (χ4n) is 1.70. The molecule has 0 rings (SSSR count). The van der Waals surface area contributed by atoms with E-state index < -0.39 is 12.0 Å². The summed E-state index contributed by atoms with van der Waals surface area (Å²) >= 11 is 0. The Labute approximate surface area is 116 Å². The highest BCUT2D eigenvalue weighted by Gasteiger charge is 2.19. The Morgan fingerprint density at radius 2 is 1.68 bits per heavy atom. The van der Waals surface area contributed by atoms with Crippen LogP contribution in [0.4, 0.5) is 0 Å². The third kappa shape index (κ3) is 9.84. The lowest BCUT2D eigenvalue weighted by Gasteiger charge is -2.25. The molecule has 6 nitrogen and oxygen atoms in total. The van der Waals surface area contributed by atoms with Gasteiger partial charge in [-0.3, -0.25) is 9.69 Å². The average molecular weight is 276 g/mol. The van der Waals surface area contributed by atoms with Crippen LogP contribution in [0, 0.1) is 0 Å². The summed E-state index contributed by atoms with van der Waals surface area (Å²) in [5.74, 6) is -0.820. The normalized spacial score (nSPS) is 12.8. The molecule has 0 bridgehead atoms. The van der Waals surface area contributed by atoms with Crippen molar-refractivity contribution in [3.63, 3.8) is 0 Å². The van der Waals surface area contributed by atoms with E-state index in [9.17, 15) is 4.79 Å². The molecule has 2 N–H and O–H groups in total. The molecule has 0 spiro atoms. The highest BCUT2D eigenvalue weighted by Crippen LogP contribution is 1.95. The Morgan fingerprint density at radius 1 is 1.16 bits per heavy atom. The molecule has 0 aliphatic carbocycles. The first-order chi connectivity index (χ1) is 9.15. The third-order valence-electron chi connectivity index (χ3n) is 2.70. The number of hydrogen-bond acceptors (Lipinski definition) is 5. The van der Waals surface area contributed by atoms with E-state index in [1.165, 1.54) is 0 Å². The maximum atomic E-state index is 11.1. The zero-order valence-electron chi connectivity index (χ0n) is 12.4. The van der Waals surface area contributed by atoms with Crippen LogP contribution in [0.2, 0.25) is 0 Å². The Hall–Kier alpha value is -0.690. The minimum absolute atomic E-state index is 0.462. The number of rotatable bonds is 13. The van der Waals surface area contributed by atoms with E-state index in [4.69, 9.17) is 14.6 Å². The van der Waals surface area contributed by atoms with Crippen LogP contribution in [-0.4, -0.2) is 74.6 Å². The second-order valence-electron chi connectivity index (χ2n) is 4.14. The predicted octanol–water partition coefficient (Wildman–Crippen LogP) is 0.424.